The normalized spacial score (nSPS) is 13.3. The molecule has 0 amide bonds. The molecule has 0 N–H and O–H groups in total. The van der Waals surface area contributed by atoms with Crippen LogP contribution in [0.5, 0.6) is 0 Å². The van der Waals surface area contributed by atoms with E-state index in [9.17, 15) is 0 Å². The molecule has 0 fully saturated rings. The van der Waals surface area contributed by atoms with E-state index in [4.69, 9.17) is 0 Å². The predicted molar refractivity (Wildman–Crippen MR) is 113 cm³/mol. The van der Waals surface area contributed by atoms with Crippen LogP contribution in [0.1, 0.15) is 19.8 Å². The Bertz CT molecular complexity index is 1270. The van der Waals surface area contributed by atoms with Crippen molar-refractivity contribution in [2.45, 2.75) is 19.8 Å². The molecule has 4 heteroatoms. The third-order valence-corrected chi connectivity index (χ3v) is 5.19. The number of fused-ring (bicyclic) bond motifs is 3. The molecule has 0 saturated heterocycles. The Morgan fingerprint density at radius 1 is 0.964 bits per heavy atom. The van der Waals surface area contributed by atoms with Crippen LogP contribution in [0.2, 0.25) is 0 Å². The topological polar surface area (TPSA) is 23.8 Å². The van der Waals surface area contributed by atoms with Crippen LogP contribution < -0.4 is 0 Å². The molecular formula is C24H22N4+2. The standard InChI is InChI=1S/C24H22N4/c1-2-3-14-26-15-16-27(18-26)20-11-12-21-22-10-7-13-25-24(22)28(23(21)17-20)19-8-5-4-6-9-19/h4-13,15-17H,2-3,14H2,1H3/q+2. The summed E-state index contributed by atoms with van der Waals surface area (Å²) in [6.07, 6.45) is 8.37. The Labute approximate surface area is 164 Å². The van der Waals surface area contributed by atoms with E-state index in [1.165, 1.54) is 17.2 Å². The highest BCUT2D eigenvalue weighted by molar-refractivity contribution is 6.08. The van der Waals surface area contributed by atoms with Crippen LogP contribution in [0.3, 0.4) is 0 Å². The number of hydrogen-bond acceptors (Lipinski definition) is 1. The van der Waals surface area contributed by atoms with Crippen molar-refractivity contribution in [3.8, 4) is 5.69 Å². The lowest BCUT2D eigenvalue weighted by atomic mass is 10.2. The van der Waals surface area contributed by atoms with Gasteiger partial charge in [-0.3, -0.25) is 4.57 Å². The van der Waals surface area contributed by atoms with E-state index in [1.54, 1.807) is 0 Å². The number of rotatable bonds is 5. The maximum Gasteiger partial charge on any atom is 0.495 e. The highest BCUT2D eigenvalue weighted by Crippen LogP contribution is 2.33. The fourth-order valence-corrected chi connectivity index (χ4v) is 3.77. The molecule has 0 aliphatic carbocycles. The van der Waals surface area contributed by atoms with Gasteiger partial charge in [-0.05, 0) is 30.3 Å². The molecule has 0 radical (unpaired) electrons. The molecule has 1 aliphatic rings. The van der Waals surface area contributed by atoms with Crippen molar-refractivity contribution in [3.63, 3.8) is 0 Å². The van der Waals surface area contributed by atoms with Gasteiger partial charge in [-0.15, -0.1) is 0 Å². The molecular weight excluding hydrogens is 344 g/mol. The van der Waals surface area contributed by atoms with Gasteiger partial charge in [0.15, 0.2) is 6.54 Å². The van der Waals surface area contributed by atoms with Crippen LogP contribution in [-0.2, 0) is 0 Å². The number of pyridine rings is 1. The summed E-state index contributed by atoms with van der Waals surface area (Å²) < 4.78 is 6.43. The van der Waals surface area contributed by atoms with Crippen LogP contribution in [-0.4, -0.2) is 31.3 Å². The van der Waals surface area contributed by atoms with Crippen LogP contribution in [0.4, 0.5) is 5.69 Å². The minimum absolute atomic E-state index is 0.982. The van der Waals surface area contributed by atoms with E-state index in [0.29, 0.717) is 0 Å². The van der Waals surface area contributed by atoms with Gasteiger partial charge in [0, 0.05) is 41.2 Å². The van der Waals surface area contributed by atoms with Gasteiger partial charge < -0.3 is 0 Å². The quantitative estimate of drug-likeness (QED) is 0.440. The Morgan fingerprint density at radius 3 is 2.71 bits per heavy atom. The van der Waals surface area contributed by atoms with E-state index in [-0.39, 0.29) is 0 Å². The zero-order chi connectivity index (χ0) is 18.9. The molecule has 0 bridgehead atoms. The number of nitrogens with zero attached hydrogens (tertiary/aromatic N) is 4. The highest BCUT2D eigenvalue weighted by Gasteiger charge is 2.21. The summed E-state index contributed by atoms with van der Waals surface area (Å²) in [6.45, 7) is 3.21. The van der Waals surface area contributed by atoms with Crippen molar-refractivity contribution in [1.29, 1.82) is 0 Å². The van der Waals surface area contributed by atoms with Crippen LogP contribution >= 0.6 is 0 Å². The largest absolute Gasteiger partial charge is 0.495 e. The minimum atomic E-state index is 0.982. The van der Waals surface area contributed by atoms with Crippen molar-refractivity contribution in [2.75, 3.05) is 6.54 Å². The average molecular weight is 366 g/mol. The summed E-state index contributed by atoms with van der Waals surface area (Å²) in [5.74, 6) is 0. The Kier molecular flexibility index (Phi) is 4.12. The molecule has 4 aromatic rings. The molecule has 4 nitrogen and oxygen atoms in total. The third kappa shape index (κ3) is 2.75. The van der Waals surface area contributed by atoms with Crippen LogP contribution in [0.25, 0.3) is 27.6 Å². The van der Waals surface area contributed by atoms with Gasteiger partial charge in [0.25, 0.3) is 6.20 Å². The highest BCUT2D eigenvalue weighted by atomic mass is 15.1. The molecule has 3 heterocycles. The maximum atomic E-state index is 4.68. The molecule has 1 aliphatic heterocycles. The van der Waals surface area contributed by atoms with E-state index >= 15 is 0 Å². The zero-order valence-corrected chi connectivity index (χ0v) is 15.9. The second-order valence-corrected chi connectivity index (χ2v) is 7.06. The molecule has 0 unspecified atom stereocenters. The van der Waals surface area contributed by atoms with Crippen molar-refractivity contribution in [3.05, 3.63) is 79.3 Å². The van der Waals surface area contributed by atoms with Gasteiger partial charge in [0.1, 0.15) is 5.65 Å². The van der Waals surface area contributed by atoms with Crippen molar-refractivity contribution >= 4 is 33.6 Å². The molecule has 136 valence electrons. The molecule has 0 spiro atoms. The second-order valence-electron chi connectivity index (χ2n) is 7.06. The SMILES string of the molecule is CCCC[N+]1=C=[N+](c2ccc3c4cccnc4n(-c4ccccc4)c3c2)C=C1. The Morgan fingerprint density at radius 2 is 1.86 bits per heavy atom. The molecule has 5 rings (SSSR count). The Hall–Kier alpha value is -3.49. The lowest BCUT2D eigenvalue weighted by molar-refractivity contribution is -0.460. The smallest absolute Gasteiger partial charge is 0.294 e. The number of hydrogen-bond donors (Lipinski definition) is 0. The van der Waals surface area contributed by atoms with E-state index in [1.807, 2.05) is 18.3 Å². The summed E-state index contributed by atoms with van der Waals surface area (Å²) in [5.41, 5.74) is 4.35. The number of benzene rings is 2. The average Bonchev–Trinajstić information content (AvgIpc) is 3.35. The maximum absolute atomic E-state index is 4.68. The first kappa shape index (κ1) is 16.7. The van der Waals surface area contributed by atoms with Crippen molar-refractivity contribution in [2.24, 2.45) is 0 Å². The Balaban J connectivity index is 1.73. The lowest BCUT2D eigenvalue weighted by Crippen LogP contribution is -2.03. The van der Waals surface area contributed by atoms with Gasteiger partial charge >= 0.3 is 6.01 Å². The number of unbranched alkanes of at least 4 members (excludes halogenated alkanes) is 1. The summed E-state index contributed by atoms with van der Waals surface area (Å²) >= 11 is 0. The van der Waals surface area contributed by atoms with E-state index in [2.05, 4.69) is 92.6 Å². The summed E-state index contributed by atoms with van der Waals surface area (Å²) in [6, 6.07) is 24.6. The minimum Gasteiger partial charge on any atom is -0.294 e. The van der Waals surface area contributed by atoms with Crippen molar-refractivity contribution in [1.82, 2.24) is 9.55 Å². The van der Waals surface area contributed by atoms with Gasteiger partial charge in [-0.25, -0.2) is 4.98 Å². The van der Waals surface area contributed by atoms with Gasteiger partial charge in [0.05, 0.1) is 5.52 Å². The predicted octanol–water partition coefficient (Wildman–Crippen LogP) is 5.29. The van der Waals surface area contributed by atoms with Gasteiger partial charge in [-0.2, -0.15) is 0 Å². The summed E-state index contributed by atoms with van der Waals surface area (Å²) in [4.78, 5) is 4.68. The lowest BCUT2D eigenvalue weighted by Gasteiger charge is -2.06. The fourth-order valence-electron chi connectivity index (χ4n) is 3.77. The van der Waals surface area contributed by atoms with Crippen molar-refractivity contribution < 1.29 is 9.15 Å². The first-order valence-electron chi connectivity index (χ1n) is 9.80. The summed E-state index contributed by atoms with van der Waals surface area (Å²) in [7, 11) is 0. The first-order chi connectivity index (χ1) is 13.8. The molecule has 28 heavy (non-hydrogen) atoms. The first-order valence-corrected chi connectivity index (χ1v) is 9.80. The number of aromatic nitrogens is 2. The molecule has 0 saturated carbocycles. The molecule has 2 aromatic heterocycles. The zero-order valence-electron chi connectivity index (χ0n) is 15.9. The number of para-hydroxylation sites is 1. The van der Waals surface area contributed by atoms with Gasteiger partial charge in [-0.1, -0.05) is 40.7 Å². The monoisotopic (exact) mass is 366 g/mol. The van der Waals surface area contributed by atoms with E-state index in [0.717, 1.165) is 35.5 Å². The molecule has 2 aromatic carbocycles. The van der Waals surface area contributed by atoms with Crippen LogP contribution in [0.15, 0.2) is 79.3 Å². The molecule has 0 atom stereocenters. The van der Waals surface area contributed by atoms with E-state index < -0.39 is 0 Å². The van der Waals surface area contributed by atoms with Gasteiger partial charge in [0.2, 0.25) is 11.9 Å². The third-order valence-electron chi connectivity index (χ3n) is 5.19. The second kappa shape index (κ2) is 6.91. The summed E-state index contributed by atoms with van der Waals surface area (Å²) in [5, 5.41) is 2.38. The fraction of sp³-hybridized carbons (Fsp3) is 0.167. The van der Waals surface area contributed by atoms with Crippen LogP contribution in [0, 0.1) is 0 Å².